The third kappa shape index (κ3) is 2.88. The van der Waals surface area contributed by atoms with Gasteiger partial charge in [0.15, 0.2) is 0 Å². The minimum atomic E-state index is 0.654. The minimum absolute atomic E-state index is 0.654. The highest BCUT2D eigenvalue weighted by Crippen LogP contribution is 2.19. The van der Waals surface area contributed by atoms with Gasteiger partial charge in [-0.15, -0.1) is 0 Å². The molecule has 0 aliphatic heterocycles. The van der Waals surface area contributed by atoms with Gasteiger partial charge in [-0.2, -0.15) is 0 Å². The zero-order chi connectivity index (χ0) is 12.3. The van der Waals surface area contributed by atoms with E-state index < -0.39 is 0 Å². The van der Waals surface area contributed by atoms with Crippen molar-refractivity contribution in [2.75, 3.05) is 11.1 Å². The molecule has 2 rings (SSSR count). The van der Waals surface area contributed by atoms with Gasteiger partial charge in [-0.25, -0.2) is 4.98 Å². The van der Waals surface area contributed by atoms with Crippen molar-refractivity contribution >= 4 is 23.1 Å². The smallest absolute Gasteiger partial charge is 0.149 e. The molecule has 88 valence electrons. The lowest BCUT2D eigenvalue weighted by molar-refractivity contribution is 1.11. The Hall–Kier alpha value is -1.74. The summed E-state index contributed by atoms with van der Waals surface area (Å²) in [4.78, 5) is 4.21. The molecule has 0 fully saturated rings. The van der Waals surface area contributed by atoms with Gasteiger partial charge in [-0.3, -0.25) is 0 Å². The van der Waals surface area contributed by atoms with E-state index in [2.05, 4.69) is 10.3 Å². The molecule has 0 unspecified atom stereocenters. The van der Waals surface area contributed by atoms with Crippen LogP contribution in [0, 0.1) is 6.92 Å². The molecule has 2 aromatic rings. The molecule has 1 aromatic heterocycles. The number of hydrogen-bond donors (Lipinski definition) is 2. The Morgan fingerprint density at radius 2 is 2.18 bits per heavy atom. The van der Waals surface area contributed by atoms with Gasteiger partial charge in [-0.1, -0.05) is 23.7 Å². The monoisotopic (exact) mass is 247 g/mol. The van der Waals surface area contributed by atoms with E-state index in [1.54, 1.807) is 6.20 Å². The maximum atomic E-state index is 5.93. The zero-order valence-corrected chi connectivity index (χ0v) is 10.3. The van der Waals surface area contributed by atoms with Crippen molar-refractivity contribution in [1.29, 1.82) is 0 Å². The summed E-state index contributed by atoms with van der Waals surface area (Å²) in [5, 5.41) is 3.93. The highest BCUT2D eigenvalue weighted by molar-refractivity contribution is 6.30. The fourth-order valence-electron chi connectivity index (χ4n) is 1.54. The number of aromatic nitrogens is 1. The van der Waals surface area contributed by atoms with E-state index in [0.717, 1.165) is 16.1 Å². The second-order valence-electron chi connectivity index (χ2n) is 3.87. The molecule has 0 saturated heterocycles. The van der Waals surface area contributed by atoms with Gasteiger partial charge < -0.3 is 11.1 Å². The van der Waals surface area contributed by atoms with Crippen molar-refractivity contribution in [2.24, 2.45) is 0 Å². The van der Waals surface area contributed by atoms with Crippen LogP contribution in [0.4, 0.5) is 11.5 Å². The van der Waals surface area contributed by atoms with Gasteiger partial charge in [0.25, 0.3) is 0 Å². The Morgan fingerprint density at radius 1 is 1.35 bits per heavy atom. The maximum absolute atomic E-state index is 5.93. The van der Waals surface area contributed by atoms with Crippen LogP contribution in [0.3, 0.4) is 0 Å². The molecule has 0 bridgehead atoms. The van der Waals surface area contributed by atoms with E-state index in [9.17, 15) is 0 Å². The molecule has 1 heterocycles. The van der Waals surface area contributed by atoms with Crippen LogP contribution in [0.5, 0.6) is 0 Å². The number of anilines is 2. The van der Waals surface area contributed by atoms with Gasteiger partial charge in [0.05, 0.1) is 5.69 Å². The van der Waals surface area contributed by atoms with Crippen LogP contribution in [0.25, 0.3) is 0 Å². The van der Waals surface area contributed by atoms with Crippen LogP contribution in [-0.2, 0) is 6.54 Å². The van der Waals surface area contributed by atoms with E-state index in [1.807, 2.05) is 37.3 Å². The number of nitrogens with one attached hydrogen (secondary N) is 1. The van der Waals surface area contributed by atoms with Gasteiger partial charge in [0.2, 0.25) is 0 Å². The Morgan fingerprint density at radius 3 is 2.94 bits per heavy atom. The lowest BCUT2D eigenvalue weighted by Crippen LogP contribution is -2.05. The standard InChI is InChI=1S/C13H14ClN3/c1-9-5-6-16-13(12(9)15)17-8-10-3-2-4-11(14)7-10/h2-7H,8,15H2,1H3,(H,16,17). The number of aryl methyl sites for hydroxylation is 1. The first-order valence-corrected chi connectivity index (χ1v) is 5.74. The largest absolute Gasteiger partial charge is 0.396 e. The van der Waals surface area contributed by atoms with Crippen LogP contribution in [0.1, 0.15) is 11.1 Å². The summed E-state index contributed by atoms with van der Waals surface area (Å²) in [5.41, 5.74) is 8.73. The number of halogens is 1. The number of nitrogen functional groups attached to an aromatic ring is 1. The van der Waals surface area contributed by atoms with Crippen molar-refractivity contribution in [2.45, 2.75) is 13.5 Å². The maximum Gasteiger partial charge on any atom is 0.149 e. The number of nitrogens with two attached hydrogens (primary N) is 1. The molecule has 3 nitrogen and oxygen atoms in total. The van der Waals surface area contributed by atoms with Gasteiger partial charge >= 0.3 is 0 Å². The second kappa shape index (κ2) is 5.06. The third-order valence-electron chi connectivity index (χ3n) is 2.56. The summed E-state index contributed by atoms with van der Waals surface area (Å²) >= 11 is 5.91. The van der Waals surface area contributed by atoms with Crippen LogP contribution >= 0.6 is 11.6 Å². The third-order valence-corrected chi connectivity index (χ3v) is 2.79. The predicted molar refractivity (Wildman–Crippen MR) is 72.2 cm³/mol. The van der Waals surface area contributed by atoms with E-state index in [1.165, 1.54) is 0 Å². The first-order chi connectivity index (χ1) is 8.16. The summed E-state index contributed by atoms with van der Waals surface area (Å²) < 4.78 is 0. The molecular formula is C13H14ClN3. The zero-order valence-electron chi connectivity index (χ0n) is 9.57. The fourth-order valence-corrected chi connectivity index (χ4v) is 1.76. The fraction of sp³-hybridized carbons (Fsp3) is 0.154. The number of pyridine rings is 1. The molecule has 0 aliphatic carbocycles. The van der Waals surface area contributed by atoms with E-state index >= 15 is 0 Å². The highest BCUT2D eigenvalue weighted by Gasteiger charge is 2.02. The molecule has 0 atom stereocenters. The molecule has 0 spiro atoms. The molecule has 0 aliphatic rings. The molecule has 0 amide bonds. The van der Waals surface area contributed by atoms with Crippen LogP contribution in [0.2, 0.25) is 5.02 Å². The second-order valence-corrected chi connectivity index (χ2v) is 4.31. The van der Waals surface area contributed by atoms with Crippen molar-refractivity contribution in [1.82, 2.24) is 4.98 Å². The predicted octanol–water partition coefficient (Wildman–Crippen LogP) is 3.24. The Bertz CT molecular complexity index is 526. The average Bonchev–Trinajstić information content (AvgIpc) is 2.31. The molecule has 3 N–H and O–H groups in total. The summed E-state index contributed by atoms with van der Waals surface area (Å²) in [7, 11) is 0. The first-order valence-electron chi connectivity index (χ1n) is 5.36. The Kier molecular flexibility index (Phi) is 3.49. The van der Waals surface area contributed by atoms with Gasteiger partial charge in [0, 0.05) is 17.8 Å². The summed E-state index contributed by atoms with van der Waals surface area (Å²) in [6.45, 7) is 2.61. The lowest BCUT2D eigenvalue weighted by atomic mass is 10.2. The summed E-state index contributed by atoms with van der Waals surface area (Å²) in [6, 6.07) is 9.59. The quantitative estimate of drug-likeness (QED) is 0.876. The van der Waals surface area contributed by atoms with Crippen molar-refractivity contribution in [3.8, 4) is 0 Å². The summed E-state index contributed by atoms with van der Waals surface area (Å²) in [6.07, 6.45) is 1.74. The molecule has 17 heavy (non-hydrogen) atoms. The topological polar surface area (TPSA) is 50.9 Å². The van der Waals surface area contributed by atoms with E-state index in [0.29, 0.717) is 18.1 Å². The number of rotatable bonds is 3. The Labute approximate surface area is 106 Å². The van der Waals surface area contributed by atoms with E-state index in [-0.39, 0.29) is 0 Å². The normalized spacial score (nSPS) is 10.2. The minimum Gasteiger partial charge on any atom is -0.396 e. The van der Waals surface area contributed by atoms with Crippen LogP contribution < -0.4 is 11.1 Å². The van der Waals surface area contributed by atoms with Gasteiger partial charge in [0.1, 0.15) is 5.82 Å². The molecular weight excluding hydrogens is 234 g/mol. The van der Waals surface area contributed by atoms with Crippen LogP contribution in [-0.4, -0.2) is 4.98 Å². The van der Waals surface area contributed by atoms with E-state index in [4.69, 9.17) is 17.3 Å². The average molecular weight is 248 g/mol. The van der Waals surface area contributed by atoms with Crippen LogP contribution in [0.15, 0.2) is 36.5 Å². The number of benzene rings is 1. The summed E-state index contributed by atoms with van der Waals surface area (Å²) in [5.74, 6) is 0.713. The van der Waals surface area contributed by atoms with Crippen molar-refractivity contribution in [3.05, 3.63) is 52.7 Å². The first kappa shape index (κ1) is 11.7. The van der Waals surface area contributed by atoms with Crippen molar-refractivity contribution < 1.29 is 0 Å². The molecule has 4 heteroatoms. The molecule has 1 aromatic carbocycles. The SMILES string of the molecule is Cc1ccnc(NCc2cccc(Cl)c2)c1N. The number of hydrogen-bond acceptors (Lipinski definition) is 3. The Balaban J connectivity index is 2.10. The highest BCUT2D eigenvalue weighted by atomic mass is 35.5. The lowest BCUT2D eigenvalue weighted by Gasteiger charge is -2.10. The molecule has 0 radical (unpaired) electrons. The molecule has 0 saturated carbocycles. The number of nitrogens with zero attached hydrogens (tertiary/aromatic N) is 1. The van der Waals surface area contributed by atoms with Gasteiger partial charge in [-0.05, 0) is 36.2 Å². The van der Waals surface area contributed by atoms with Crippen molar-refractivity contribution in [3.63, 3.8) is 0 Å².